The lowest BCUT2D eigenvalue weighted by Crippen LogP contribution is -2.66. The number of allylic oxidation sites excluding steroid dienone is 8. The molecule has 1 N–H and O–H groups in total. The van der Waals surface area contributed by atoms with Crippen molar-refractivity contribution in [3.8, 4) is 0 Å². The van der Waals surface area contributed by atoms with E-state index in [1.165, 1.54) is 0 Å². The van der Waals surface area contributed by atoms with Crippen LogP contribution in [0.25, 0.3) is 0 Å². The van der Waals surface area contributed by atoms with Crippen LogP contribution in [0.4, 0.5) is 0 Å². The molecule has 0 aliphatic heterocycles. The second-order valence-corrected chi connectivity index (χ2v) is 11.3. The van der Waals surface area contributed by atoms with E-state index in [-0.39, 0.29) is 35.2 Å². The molecule has 5 atom stereocenters. The zero-order valence-corrected chi connectivity index (χ0v) is 22.7. The van der Waals surface area contributed by atoms with Gasteiger partial charge in [-0.2, -0.15) is 0 Å². The molecule has 0 aromatic heterocycles. The quantitative estimate of drug-likeness (QED) is 0.285. The number of ketones is 3. The highest BCUT2D eigenvalue weighted by molar-refractivity contribution is 6.33. The number of hydrogen-bond acceptors (Lipinski definition) is 4. The van der Waals surface area contributed by atoms with Crippen molar-refractivity contribution in [2.24, 2.45) is 28.6 Å². The summed E-state index contributed by atoms with van der Waals surface area (Å²) in [5.74, 6) is -2.15. The van der Waals surface area contributed by atoms with E-state index in [0.717, 1.165) is 16.7 Å². The average Bonchev–Trinajstić information content (AvgIpc) is 2.76. The smallest absolute Gasteiger partial charge is 0.183 e. The molecule has 4 heteroatoms. The first-order valence-electron chi connectivity index (χ1n) is 12.7. The Hall–Kier alpha value is -2.23. The Morgan fingerprint density at radius 2 is 1.59 bits per heavy atom. The van der Waals surface area contributed by atoms with Crippen LogP contribution in [-0.2, 0) is 14.4 Å². The molecule has 0 heterocycles. The third-order valence-electron chi connectivity index (χ3n) is 8.02. The molecule has 2 aliphatic rings. The van der Waals surface area contributed by atoms with Gasteiger partial charge in [-0.25, -0.2) is 0 Å². The largest absolute Gasteiger partial charge is 0.511 e. The molecule has 0 radical (unpaired) electrons. The topological polar surface area (TPSA) is 71.4 Å². The van der Waals surface area contributed by atoms with Gasteiger partial charge < -0.3 is 5.11 Å². The Balaban J connectivity index is 2.93. The molecule has 0 spiro atoms. The Bertz CT molecular complexity index is 964. The van der Waals surface area contributed by atoms with Crippen LogP contribution >= 0.6 is 0 Å². The van der Waals surface area contributed by atoms with Gasteiger partial charge in [-0.05, 0) is 85.5 Å². The van der Waals surface area contributed by atoms with Crippen molar-refractivity contribution in [3.63, 3.8) is 0 Å². The third-order valence-corrected chi connectivity index (χ3v) is 8.02. The molecule has 0 aromatic rings. The second kappa shape index (κ2) is 10.6. The summed E-state index contributed by atoms with van der Waals surface area (Å²) in [7, 11) is 0. The fourth-order valence-corrected chi connectivity index (χ4v) is 5.65. The molecular formula is C30H44O4. The molecule has 0 amide bonds. The van der Waals surface area contributed by atoms with Crippen molar-refractivity contribution in [1.29, 1.82) is 0 Å². The molecular weight excluding hydrogens is 424 g/mol. The molecule has 188 valence electrons. The fourth-order valence-electron chi connectivity index (χ4n) is 5.65. The van der Waals surface area contributed by atoms with Crippen LogP contribution in [0.2, 0.25) is 0 Å². The second-order valence-electron chi connectivity index (χ2n) is 11.3. The van der Waals surface area contributed by atoms with Crippen LogP contribution in [0.3, 0.4) is 0 Å². The first-order chi connectivity index (χ1) is 15.8. The highest BCUT2D eigenvalue weighted by Crippen LogP contribution is 2.61. The van der Waals surface area contributed by atoms with E-state index in [4.69, 9.17) is 0 Å². The number of carbonyl (C=O) groups is 3. The number of hydrogen-bond donors (Lipinski definition) is 1. The molecule has 0 aromatic carbocycles. The SMILES string of the molecule is CCC(C)C(=O)C12C(=O)C(CC=C(C)C)=C(O)C(CC=C(C)C)(CC(CC=C(C)C)C1C)C2=O. The van der Waals surface area contributed by atoms with E-state index < -0.39 is 28.4 Å². The fraction of sp³-hybridized carbons (Fsp3) is 0.633. The van der Waals surface area contributed by atoms with E-state index in [1.54, 1.807) is 0 Å². The van der Waals surface area contributed by atoms with Gasteiger partial charge >= 0.3 is 0 Å². The van der Waals surface area contributed by atoms with Gasteiger partial charge in [0.15, 0.2) is 22.8 Å². The summed E-state index contributed by atoms with van der Waals surface area (Å²) in [6.45, 7) is 17.5. The molecule has 1 fully saturated rings. The number of Topliss-reactive ketones (excluding diaryl/α,β-unsaturated/α-hetero) is 3. The van der Waals surface area contributed by atoms with Gasteiger partial charge in [-0.1, -0.05) is 55.7 Å². The first kappa shape index (κ1) is 28.0. The predicted molar refractivity (Wildman–Crippen MR) is 138 cm³/mol. The van der Waals surface area contributed by atoms with Gasteiger partial charge in [-0.3, -0.25) is 14.4 Å². The Labute approximate surface area is 206 Å². The van der Waals surface area contributed by atoms with Gasteiger partial charge in [-0.15, -0.1) is 0 Å². The number of rotatable bonds is 9. The zero-order valence-electron chi connectivity index (χ0n) is 22.7. The summed E-state index contributed by atoms with van der Waals surface area (Å²) in [4.78, 5) is 42.7. The van der Waals surface area contributed by atoms with E-state index in [2.05, 4.69) is 6.08 Å². The van der Waals surface area contributed by atoms with Gasteiger partial charge in [0.1, 0.15) is 5.76 Å². The highest BCUT2D eigenvalue weighted by Gasteiger charge is 2.71. The third kappa shape index (κ3) is 4.65. The van der Waals surface area contributed by atoms with Gasteiger partial charge in [0.05, 0.1) is 5.41 Å². The van der Waals surface area contributed by atoms with Crippen molar-refractivity contribution in [2.75, 3.05) is 0 Å². The number of aliphatic hydroxyl groups is 1. The van der Waals surface area contributed by atoms with E-state index in [1.807, 2.05) is 74.5 Å². The minimum atomic E-state index is -1.74. The summed E-state index contributed by atoms with van der Waals surface area (Å²) >= 11 is 0. The van der Waals surface area contributed by atoms with Crippen LogP contribution in [0.15, 0.2) is 46.3 Å². The van der Waals surface area contributed by atoms with Gasteiger partial charge in [0.2, 0.25) is 0 Å². The van der Waals surface area contributed by atoms with Crippen molar-refractivity contribution in [2.45, 2.75) is 94.4 Å². The number of aliphatic hydroxyl groups excluding tert-OH is 1. The first-order valence-corrected chi connectivity index (χ1v) is 12.7. The summed E-state index contributed by atoms with van der Waals surface area (Å²) in [5, 5.41) is 11.6. The number of carbonyl (C=O) groups excluding carboxylic acids is 3. The monoisotopic (exact) mass is 468 g/mol. The lowest BCUT2D eigenvalue weighted by molar-refractivity contribution is -0.168. The maximum Gasteiger partial charge on any atom is 0.183 e. The van der Waals surface area contributed by atoms with Crippen LogP contribution in [0.5, 0.6) is 0 Å². The van der Waals surface area contributed by atoms with Crippen molar-refractivity contribution < 1.29 is 19.5 Å². The van der Waals surface area contributed by atoms with Gasteiger partial charge in [0, 0.05) is 11.5 Å². The molecule has 34 heavy (non-hydrogen) atoms. The summed E-state index contributed by atoms with van der Waals surface area (Å²) < 4.78 is 0. The maximum absolute atomic E-state index is 14.4. The van der Waals surface area contributed by atoms with Gasteiger partial charge in [0.25, 0.3) is 0 Å². The van der Waals surface area contributed by atoms with E-state index >= 15 is 0 Å². The summed E-state index contributed by atoms with van der Waals surface area (Å²) in [5.41, 5.74) is 0.477. The highest BCUT2D eigenvalue weighted by atomic mass is 16.3. The summed E-state index contributed by atoms with van der Waals surface area (Å²) in [6.07, 6.45) is 8.20. The average molecular weight is 469 g/mol. The predicted octanol–water partition coefficient (Wildman–Crippen LogP) is 7.26. The Morgan fingerprint density at radius 1 is 1.03 bits per heavy atom. The van der Waals surface area contributed by atoms with Crippen molar-refractivity contribution in [1.82, 2.24) is 0 Å². The molecule has 2 bridgehead atoms. The maximum atomic E-state index is 14.4. The van der Waals surface area contributed by atoms with Crippen LogP contribution < -0.4 is 0 Å². The van der Waals surface area contributed by atoms with Crippen LogP contribution in [-0.4, -0.2) is 22.5 Å². The van der Waals surface area contributed by atoms with Crippen molar-refractivity contribution >= 4 is 17.3 Å². The van der Waals surface area contributed by atoms with Crippen LogP contribution in [0.1, 0.15) is 94.4 Å². The molecule has 0 saturated heterocycles. The molecule has 2 aliphatic carbocycles. The summed E-state index contributed by atoms with van der Waals surface area (Å²) in [6, 6.07) is 0. The van der Waals surface area contributed by atoms with Crippen LogP contribution in [0, 0.1) is 28.6 Å². The standard InChI is InChI=1S/C30H44O4/c1-10-21(8)25(31)30-22(9)23(13-11-18(2)3)17-29(28(30)34,16-15-20(6)7)26(32)24(27(30)33)14-12-19(4)5/h11-12,15,21-23,32H,10,13-14,16-17H2,1-9H3. The molecule has 2 rings (SSSR count). The lowest BCUT2D eigenvalue weighted by Gasteiger charge is -2.55. The van der Waals surface area contributed by atoms with Crippen molar-refractivity contribution in [3.05, 3.63) is 46.3 Å². The number of fused-ring (bicyclic) bond motifs is 2. The Morgan fingerprint density at radius 3 is 2.09 bits per heavy atom. The van der Waals surface area contributed by atoms with E-state index in [0.29, 0.717) is 25.7 Å². The minimum absolute atomic E-state index is 0.0673. The Kier molecular flexibility index (Phi) is 8.72. The molecule has 4 nitrogen and oxygen atoms in total. The molecule has 1 saturated carbocycles. The lowest BCUT2D eigenvalue weighted by atomic mass is 9.44. The minimum Gasteiger partial charge on any atom is -0.511 e. The molecule has 5 unspecified atom stereocenters. The normalized spacial score (nSPS) is 29.4. The zero-order chi connectivity index (χ0) is 26.0. The van der Waals surface area contributed by atoms with E-state index in [9.17, 15) is 19.5 Å².